The zero-order valence-electron chi connectivity index (χ0n) is 10.5. The minimum Gasteiger partial charge on any atom is -0.438 e. The molecule has 0 amide bonds. The second-order valence-electron chi connectivity index (χ2n) is 3.94. The topological polar surface area (TPSA) is 47.0 Å². The summed E-state index contributed by atoms with van der Waals surface area (Å²) in [5.74, 6) is 1.25. The number of rotatable bonds is 3. The van der Waals surface area contributed by atoms with Crippen LogP contribution in [0.15, 0.2) is 24.4 Å². The van der Waals surface area contributed by atoms with Crippen molar-refractivity contribution in [2.24, 2.45) is 0 Å². The monoisotopic (exact) mass is 247 g/mol. The van der Waals surface area contributed by atoms with Crippen molar-refractivity contribution >= 4 is 5.95 Å². The molecule has 0 spiro atoms. The molecule has 18 heavy (non-hydrogen) atoms. The normalized spacial score (nSPS) is 10.2. The van der Waals surface area contributed by atoms with Crippen LogP contribution in [0.2, 0.25) is 0 Å². The summed E-state index contributed by atoms with van der Waals surface area (Å²) in [6.45, 7) is 3.64. The lowest BCUT2D eigenvalue weighted by molar-refractivity contribution is 0.453. The van der Waals surface area contributed by atoms with Gasteiger partial charge in [0, 0.05) is 18.8 Å². The molecule has 0 aliphatic rings. The zero-order valence-corrected chi connectivity index (χ0v) is 10.5. The third-order valence-corrected chi connectivity index (χ3v) is 2.49. The maximum Gasteiger partial charge on any atom is 0.226 e. The number of anilines is 1. The largest absolute Gasteiger partial charge is 0.438 e. The van der Waals surface area contributed by atoms with E-state index >= 15 is 0 Å². The lowest BCUT2D eigenvalue weighted by Crippen LogP contribution is -2.00. The minimum atomic E-state index is -0.282. The highest BCUT2D eigenvalue weighted by molar-refractivity contribution is 5.39. The molecule has 0 aliphatic heterocycles. The van der Waals surface area contributed by atoms with Gasteiger partial charge in [-0.05, 0) is 37.6 Å². The molecule has 0 atom stereocenters. The van der Waals surface area contributed by atoms with Crippen LogP contribution in [-0.2, 0) is 0 Å². The summed E-state index contributed by atoms with van der Waals surface area (Å²) < 4.78 is 18.7. The van der Waals surface area contributed by atoms with Crippen molar-refractivity contribution in [1.29, 1.82) is 0 Å². The molecule has 4 nitrogen and oxygen atoms in total. The van der Waals surface area contributed by atoms with E-state index in [-0.39, 0.29) is 5.82 Å². The molecular weight excluding hydrogens is 233 g/mol. The van der Waals surface area contributed by atoms with Gasteiger partial charge in [-0.25, -0.2) is 9.37 Å². The summed E-state index contributed by atoms with van der Waals surface area (Å²) in [4.78, 5) is 8.28. The fourth-order valence-electron chi connectivity index (χ4n) is 1.48. The average Bonchev–Trinajstić information content (AvgIpc) is 2.35. The van der Waals surface area contributed by atoms with E-state index in [9.17, 15) is 4.39 Å². The number of aryl methyl sites for hydroxylation is 2. The Morgan fingerprint density at radius 3 is 2.67 bits per heavy atom. The summed E-state index contributed by atoms with van der Waals surface area (Å²) in [6.07, 6.45) is 1.67. The number of nitrogens with one attached hydrogen (secondary N) is 1. The summed E-state index contributed by atoms with van der Waals surface area (Å²) in [6, 6.07) is 4.37. The Labute approximate surface area is 105 Å². The highest BCUT2D eigenvalue weighted by Gasteiger charge is 2.08. The smallest absolute Gasteiger partial charge is 0.226 e. The second-order valence-corrected chi connectivity index (χ2v) is 3.94. The fourth-order valence-corrected chi connectivity index (χ4v) is 1.48. The van der Waals surface area contributed by atoms with E-state index in [4.69, 9.17) is 4.74 Å². The molecule has 1 aromatic carbocycles. The van der Waals surface area contributed by atoms with Gasteiger partial charge in [-0.15, -0.1) is 0 Å². The molecule has 0 aliphatic carbocycles. The van der Waals surface area contributed by atoms with Gasteiger partial charge in [0.05, 0.1) is 0 Å². The first-order valence-corrected chi connectivity index (χ1v) is 5.55. The maximum absolute atomic E-state index is 13.0. The fraction of sp³-hybridized carbons (Fsp3) is 0.231. The van der Waals surface area contributed by atoms with E-state index in [1.807, 2.05) is 6.92 Å². The van der Waals surface area contributed by atoms with Crippen LogP contribution in [0.4, 0.5) is 10.3 Å². The molecule has 0 unspecified atom stereocenters. The van der Waals surface area contributed by atoms with Crippen LogP contribution >= 0.6 is 0 Å². The van der Waals surface area contributed by atoms with Gasteiger partial charge in [-0.1, -0.05) is 0 Å². The van der Waals surface area contributed by atoms with Crippen LogP contribution in [0.3, 0.4) is 0 Å². The molecule has 94 valence electrons. The molecule has 0 saturated heterocycles. The molecule has 1 aromatic heterocycles. The molecule has 5 heteroatoms. The van der Waals surface area contributed by atoms with Gasteiger partial charge in [-0.3, -0.25) is 0 Å². The first-order valence-electron chi connectivity index (χ1n) is 5.55. The van der Waals surface area contributed by atoms with E-state index in [0.29, 0.717) is 17.6 Å². The lowest BCUT2D eigenvalue weighted by atomic mass is 10.2. The molecule has 2 aromatic rings. The number of halogens is 1. The second kappa shape index (κ2) is 5.00. The minimum absolute atomic E-state index is 0.282. The molecule has 1 heterocycles. The SMILES string of the molecule is CNc1ncc(C)c(Oc2ccc(F)cc2C)n1. The maximum atomic E-state index is 13.0. The van der Waals surface area contributed by atoms with Crippen molar-refractivity contribution in [3.05, 3.63) is 41.3 Å². The molecule has 0 saturated carbocycles. The van der Waals surface area contributed by atoms with Gasteiger partial charge in [0.1, 0.15) is 11.6 Å². The van der Waals surface area contributed by atoms with E-state index in [1.54, 1.807) is 26.2 Å². The van der Waals surface area contributed by atoms with Crippen molar-refractivity contribution in [2.45, 2.75) is 13.8 Å². The predicted octanol–water partition coefficient (Wildman–Crippen LogP) is 3.07. The van der Waals surface area contributed by atoms with E-state index in [2.05, 4.69) is 15.3 Å². The molecule has 1 N–H and O–H groups in total. The molecular formula is C13H14FN3O. The van der Waals surface area contributed by atoms with Crippen LogP contribution in [0.25, 0.3) is 0 Å². The van der Waals surface area contributed by atoms with Crippen molar-refractivity contribution in [1.82, 2.24) is 9.97 Å². The summed E-state index contributed by atoms with van der Waals surface area (Å²) in [7, 11) is 1.73. The highest BCUT2D eigenvalue weighted by atomic mass is 19.1. The lowest BCUT2D eigenvalue weighted by Gasteiger charge is -2.10. The van der Waals surface area contributed by atoms with Gasteiger partial charge in [-0.2, -0.15) is 4.98 Å². The Hall–Kier alpha value is -2.17. The third-order valence-electron chi connectivity index (χ3n) is 2.49. The number of benzene rings is 1. The Balaban J connectivity index is 2.33. The third kappa shape index (κ3) is 2.56. The number of ether oxygens (including phenoxy) is 1. The van der Waals surface area contributed by atoms with Crippen LogP contribution in [0.1, 0.15) is 11.1 Å². The summed E-state index contributed by atoms with van der Waals surface area (Å²) in [5.41, 5.74) is 1.54. The molecule has 0 radical (unpaired) electrons. The Kier molecular flexibility index (Phi) is 3.41. The van der Waals surface area contributed by atoms with Gasteiger partial charge in [0.2, 0.25) is 11.8 Å². The van der Waals surface area contributed by atoms with Crippen LogP contribution in [-0.4, -0.2) is 17.0 Å². The number of hydrogen-bond donors (Lipinski definition) is 1. The first-order chi connectivity index (χ1) is 8.60. The summed E-state index contributed by atoms with van der Waals surface area (Å²) in [5, 5.41) is 2.84. The van der Waals surface area contributed by atoms with Crippen molar-refractivity contribution in [2.75, 3.05) is 12.4 Å². The molecule has 0 bridgehead atoms. The van der Waals surface area contributed by atoms with Crippen LogP contribution in [0.5, 0.6) is 11.6 Å². The molecule has 0 fully saturated rings. The van der Waals surface area contributed by atoms with E-state index < -0.39 is 0 Å². The Bertz CT molecular complexity index is 572. The van der Waals surface area contributed by atoms with Gasteiger partial charge >= 0.3 is 0 Å². The zero-order chi connectivity index (χ0) is 13.1. The Morgan fingerprint density at radius 1 is 1.22 bits per heavy atom. The van der Waals surface area contributed by atoms with Crippen molar-refractivity contribution in [3.8, 4) is 11.6 Å². The number of aromatic nitrogens is 2. The van der Waals surface area contributed by atoms with Gasteiger partial charge in [0.25, 0.3) is 0 Å². The van der Waals surface area contributed by atoms with Crippen LogP contribution < -0.4 is 10.1 Å². The van der Waals surface area contributed by atoms with Gasteiger partial charge in [0.15, 0.2) is 0 Å². The van der Waals surface area contributed by atoms with Crippen molar-refractivity contribution in [3.63, 3.8) is 0 Å². The van der Waals surface area contributed by atoms with Crippen LogP contribution in [0, 0.1) is 19.7 Å². The highest BCUT2D eigenvalue weighted by Crippen LogP contribution is 2.26. The average molecular weight is 247 g/mol. The first kappa shape index (κ1) is 12.3. The number of nitrogens with zero attached hydrogens (tertiary/aromatic N) is 2. The Morgan fingerprint density at radius 2 is 2.00 bits per heavy atom. The van der Waals surface area contributed by atoms with E-state index in [1.165, 1.54) is 12.1 Å². The summed E-state index contributed by atoms with van der Waals surface area (Å²) >= 11 is 0. The van der Waals surface area contributed by atoms with Crippen molar-refractivity contribution < 1.29 is 9.13 Å². The standard InChI is InChI=1S/C13H14FN3O/c1-8-6-10(14)4-5-11(8)18-12-9(2)7-16-13(15-3)17-12/h4-7H,1-3H3,(H,15,16,17). The number of hydrogen-bond acceptors (Lipinski definition) is 4. The quantitative estimate of drug-likeness (QED) is 0.905. The molecule has 2 rings (SSSR count). The van der Waals surface area contributed by atoms with E-state index in [0.717, 1.165) is 11.1 Å². The predicted molar refractivity (Wildman–Crippen MR) is 67.5 cm³/mol. The van der Waals surface area contributed by atoms with Gasteiger partial charge < -0.3 is 10.1 Å².